The van der Waals surface area contributed by atoms with Gasteiger partial charge in [-0.05, 0) is 13.0 Å². The number of H-pyrrole nitrogens is 1. The lowest BCUT2D eigenvalue weighted by Crippen LogP contribution is -2.11. The quantitative estimate of drug-likeness (QED) is 0.778. The fourth-order valence-corrected chi connectivity index (χ4v) is 2.96. The summed E-state index contributed by atoms with van der Waals surface area (Å²) in [6, 6.07) is 11.7. The van der Waals surface area contributed by atoms with Crippen molar-refractivity contribution in [3.8, 4) is 22.6 Å². The number of hydrogen-bond donors (Lipinski definition) is 1. The molecule has 0 aliphatic carbocycles. The van der Waals surface area contributed by atoms with Crippen molar-refractivity contribution < 1.29 is 8.42 Å². The summed E-state index contributed by atoms with van der Waals surface area (Å²) in [6.07, 6.45) is 2.91. The molecule has 120 valence electrons. The van der Waals surface area contributed by atoms with E-state index in [-0.39, 0.29) is 5.75 Å². The van der Waals surface area contributed by atoms with Gasteiger partial charge in [0.05, 0.1) is 23.5 Å². The van der Waals surface area contributed by atoms with Crippen LogP contribution in [0.4, 0.5) is 0 Å². The van der Waals surface area contributed by atoms with Gasteiger partial charge in [-0.1, -0.05) is 30.3 Å². The van der Waals surface area contributed by atoms with Crippen LogP contribution in [-0.2, 0) is 16.4 Å². The van der Waals surface area contributed by atoms with Gasteiger partial charge < -0.3 is 4.57 Å². The SMILES string of the molecule is Cc1cc(-c2c(-c3ccccc3)ncn2CCS(C)(=O)=O)n[nH]1. The van der Waals surface area contributed by atoms with Crippen molar-refractivity contribution in [1.82, 2.24) is 19.7 Å². The minimum Gasteiger partial charge on any atom is -0.328 e. The largest absolute Gasteiger partial charge is 0.328 e. The van der Waals surface area contributed by atoms with Crippen molar-refractivity contribution in [2.24, 2.45) is 0 Å². The molecule has 6 nitrogen and oxygen atoms in total. The van der Waals surface area contributed by atoms with E-state index in [1.807, 2.05) is 47.9 Å². The van der Waals surface area contributed by atoms with Crippen LogP contribution in [0.3, 0.4) is 0 Å². The first-order valence-corrected chi connectivity index (χ1v) is 9.31. The van der Waals surface area contributed by atoms with Crippen molar-refractivity contribution >= 4 is 9.84 Å². The molecule has 0 saturated carbocycles. The number of aromatic amines is 1. The van der Waals surface area contributed by atoms with E-state index < -0.39 is 9.84 Å². The number of benzene rings is 1. The molecular weight excluding hydrogens is 312 g/mol. The fraction of sp³-hybridized carbons (Fsp3) is 0.250. The maximum Gasteiger partial charge on any atom is 0.149 e. The van der Waals surface area contributed by atoms with Gasteiger partial charge in [0.15, 0.2) is 0 Å². The van der Waals surface area contributed by atoms with Gasteiger partial charge in [0.2, 0.25) is 0 Å². The molecular formula is C16H18N4O2S. The average Bonchev–Trinajstić information content (AvgIpc) is 3.11. The van der Waals surface area contributed by atoms with Gasteiger partial charge in [0.25, 0.3) is 0 Å². The summed E-state index contributed by atoms with van der Waals surface area (Å²) in [4.78, 5) is 4.49. The molecule has 0 aliphatic heterocycles. The standard InChI is InChI=1S/C16H18N4O2S/c1-12-10-14(19-18-12)16-15(13-6-4-3-5-7-13)17-11-20(16)8-9-23(2,21)22/h3-7,10-11H,8-9H2,1-2H3,(H,18,19). The first-order valence-electron chi connectivity index (χ1n) is 7.25. The fourth-order valence-electron chi connectivity index (χ4n) is 2.43. The number of hydrogen-bond acceptors (Lipinski definition) is 4. The zero-order valence-electron chi connectivity index (χ0n) is 13.0. The Kier molecular flexibility index (Phi) is 4.04. The van der Waals surface area contributed by atoms with E-state index in [2.05, 4.69) is 15.2 Å². The van der Waals surface area contributed by atoms with E-state index in [9.17, 15) is 8.42 Å². The zero-order valence-corrected chi connectivity index (χ0v) is 13.8. The maximum absolute atomic E-state index is 11.5. The molecule has 2 aromatic heterocycles. The highest BCUT2D eigenvalue weighted by molar-refractivity contribution is 7.90. The lowest BCUT2D eigenvalue weighted by molar-refractivity contribution is 0.595. The number of nitrogens with one attached hydrogen (secondary N) is 1. The summed E-state index contributed by atoms with van der Waals surface area (Å²) < 4.78 is 24.8. The molecule has 1 aromatic carbocycles. The Morgan fingerprint density at radius 3 is 2.57 bits per heavy atom. The first-order chi connectivity index (χ1) is 10.9. The minimum atomic E-state index is -3.05. The van der Waals surface area contributed by atoms with Gasteiger partial charge in [-0.25, -0.2) is 13.4 Å². The van der Waals surface area contributed by atoms with E-state index >= 15 is 0 Å². The summed E-state index contributed by atoms with van der Waals surface area (Å²) in [6.45, 7) is 2.27. The maximum atomic E-state index is 11.5. The van der Waals surface area contributed by atoms with E-state index in [1.54, 1.807) is 6.33 Å². The lowest BCUT2D eigenvalue weighted by Gasteiger charge is -2.07. The Balaban J connectivity index is 2.09. The van der Waals surface area contributed by atoms with Gasteiger partial charge in [0.1, 0.15) is 15.5 Å². The Bertz CT molecular complexity index is 911. The minimum absolute atomic E-state index is 0.0635. The average molecular weight is 330 g/mol. The summed E-state index contributed by atoms with van der Waals surface area (Å²) in [5.74, 6) is 0.0635. The molecule has 0 bridgehead atoms. The third kappa shape index (κ3) is 3.50. The zero-order chi connectivity index (χ0) is 16.4. The first kappa shape index (κ1) is 15.5. The van der Waals surface area contributed by atoms with Crippen LogP contribution in [0.2, 0.25) is 0 Å². The molecule has 0 aliphatic rings. The highest BCUT2D eigenvalue weighted by Gasteiger charge is 2.18. The number of rotatable bonds is 5. The van der Waals surface area contributed by atoms with E-state index in [0.717, 1.165) is 28.3 Å². The van der Waals surface area contributed by atoms with Gasteiger partial charge in [-0.2, -0.15) is 5.10 Å². The number of imidazole rings is 1. The lowest BCUT2D eigenvalue weighted by atomic mass is 10.1. The van der Waals surface area contributed by atoms with Crippen LogP contribution >= 0.6 is 0 Å². The van der Waals surface area contributed by atoms with Gasteiger partial charge in [0, 0.05) is 24.1 Å². The van der Waals surface area contributed by atoms with E-state index in [1.165, 1.54) is 6.26 Å². The summed E-state index contributed by atoms with van der Waals surface area (Å²) in [7, 11) is -3.05. The second-order valence-corrected chi connectivity index (χ2v) is 7.83. The van der Waals surface area contributed by atoms with Crippen LogP contribution in [0.25, 0.3) is 22.6 Å². The predicted octanol–water partition coefficient (Wildman–Crippen LogP) is 2.29. The molecule has 23 heavy (non-hydrogen) atoms. The van der Waals surface area contributed by atoms with Crippen LogP contribution in [0.15, 0.2) is 42.7 Å². The normalized spacial score (nSPS) is 11.7. The number of aromatic nitrogens is 4. The monoisotopic (exact) mass is 330 g/mol. The highest BCUT2D eigenvalue weighted by atomic mass is 32.2. The topological polar surface area (TPSA) is 80.6 Å². The number of sulfone groups is 1. The summed E-state index contributed by atoms with van der Waals surface area (Å²) in [5.41, 5.74) is 4.29. The van der Waals surface area contributed by atoms with Crippen molar-refractivity contribution in [2.45, 2.75) is 13.5 Å². The molecule has 0 amide bonds. The molecule has 2 heterocycles. The van der Waals surface area contributed by atoms with E-state index in [4.69, 9.17) is 0 Å². The summed E-state index contributed by atoms with van der Waals surface area (Å²) >= 11 is 0. The van der Waals surface area contributed by atoms with Gasteiger partial charge >= 0.3 is 0 Å². The molecule has 0 unspecified atom stereocenters. The molecule has 3 aromatic rings. The molecule has 0 radical (unpaired) electrons. The molecule has 3 rings (SSSR count). The molecule has 0 fully saturated rings. The third-order valence-electron chi connectivity index (χ3n) is 3.54. The molecule has 0 saturated heterocycles. The van der Waals surface area contributed by atoms with Crippen molar-refractivity contribution in [3.05, 3.63) is 48.4 Å². The second kappa shape index (κ2) is 6.00. The van der Waals surface area contributed by atoms with Crippen LogP contribution in [0, 0.1) is 6.92 Å². The second-order valence-electron chi connectivity index (χ2n) is 5.57. The van der Waals surface area contributed by atoms with E-state index in [0.29, 0.717) is 6.54 Å². The van der Waals surface area contributed by atoms with Gasteiger partial charge in [-0.15, -0.1) is 0 Å². The smallest absolute Gasteiger partial charge is 0.149 e. The van der Waals surface area contributed by atoms with Crippen molar-refractivity contribution in [3.63, 3.8) is 0 Å². The predicted molar refractivity (Wildman–Crippen MR) is 89.7 cm³/mol. The molecule has 0 spiro atoms. The Hall–Kier alpha value is -2.41. The molecule has 0 atom stereocenters. The van der Waals surface area contributed by atoms with Gasteiger partial charge in [-0.3, -0.25) is 5.10 Å². The van der Waals surface area contributed by atoms with Crippen molar-refractivity contribution in [1.29, 1.82) is 0 Å². The van der Waals surface area contributed by atoms with Crippen LogP contribution in [-0.4, -0.2) is 40.2 Å². The highest BCUT2D eigenvalue weighted by Crippen LogP contribution is 2.30. The molecule has 1 N–H and O–H groups in total. The van der Waals surface area contributed by atoms with Crippen molar-refractivity contribution in [2.75, 3.05) is 12.0 Å². The number of nitrogens with zero attached hydrogens (tertiary/aromatic N) is 3. The van der Waals surface area contributed by atoms with Crippen LogP contribution < -0.4 is 0 Å². The Morgan fingerprint density at radius 2 is 1.96 bits per heavy atom. The third-order valence-corrected chi connectivity index (χ3v) is 4.46. The molecule has 7 heteroatoms. The Labute approximate surface area is 135 Å². The van der Waals surface area contributed by atoms with Crippen LogP contribution in [0.5, 0.6) is 0 Å². The van der Waals surface area contributed by atoms with Crippen LogP contribution in [0.1, 0.15) is 5.69 Å². The summed E-state index contributed by atoms with van der Waals surface area (Å²) in [5, 5.41) is 7.24. The number of aryl methyl sites for hydroxylation is 2. The Morgan fingerprint density at radius 1 is 1.22 bits per heavy atom.